The van der Waals surface area contributed by atoms with Gasteiger partial charge in [0, 0.05) is 18.8 Å². The number of piperidine rings is 1. The summed E-state index contributed by atoms with van der Waals surface area (Å²) in [6, 6.07) is 13.8. The molecule has 1 N–H and O–H groups in total. The number of para-hydroxylation sites is 1. The van der Waals surface area contributed by atoms with E-state index in [9.17, 15) is 13.2 Å². The lowest BCUT2D eigenvalue weighted by Crippen LogP contribution is -2.39. The predicted molar refractivity (Wildman–Crippen MR) is 109 cm³/mol. The van der Waals surface area contributed by atoms with Gasteiger partial charge in [-0.05, 0) is 61.6 Å². The number of nitrogens with zero attached hydrogens (tertiary/aromatic N) is 1. The molecule has 1 aliphatic heterocycles. The molecule has 2 aromatic carbocycles. The number of anilines is 1. The zero-order valence-corrected chi connectivity index (χ0v) is 17.0. The van der Waals surface area contributed by atoms with E-state index in [0.29, 0.717) is 30.4 Å². The molecule has 1 saturated heterocycles. The first-order chi connectivity index (χ1) is 13.4. The fourth-order valence-corrected chi connectivity index (χ4v) is 4.88. The third kappa shape index (κ3) is 4.91. The summed E-state index contributed by atoms with van der Waals surface area (Å²) in [6.45, 7) is 4.98. The van der Waals surface area contributed by atoms with E-state index in [1.165, 1.54) is 12.1 Å². The van der Waals surface area contributed by atoms with E-state index in [-0.39, 0.29) is 17.4 Å². The van der Waals surface area contributed by atoms with Gasteiger partial charge in [-0.2, -0.15) is 4.31 Å². The van der Waals surface area contributed by atoms with Crippen molar-refractivity contribution in [3.05, 3.63) is 54.1 Å². The molecular formula is C21H26N2O4S. The predicted octanol–water partition coefficient (Wildman–Crippen LogP) is 3.43. The van der Waals surface area contributed by atoms with Crippen LogP contribution in [0.25, 0.3) is 0 Å². The van der Waals surface area contributed by atoms with Gasteiger partial charge in [-0.25, -0.2) is 8.42 Å². The smallest absolute Gasteiger partial charge is 0.262 e. The number of benzene rings is 2. The number of aryl methyl sites for hydroxylation is 1. The standard InChI is InChI=1S/C21H26N2O4S/c1-16-6-5-13-23(14-16)28(25,26)19-11-9-18(10-12-19)22-21(24)15-27-20-8-4-3-7-17(20)2/h3-4,7-12,16H,5-6,13-15H2,1-2H3,(H,22,24)/t16-/m1/s1. The van der Waals surface area contributed by atoms with Gasteiger partial charge in [-0.3, -0.25) is 4.79 Å². The summed E-state index contributed by atoms with van der Waals surface area (Å²) in [7, 11) is -3.50. The normalized spacial score (nSPS) is 17.9. The number of carbonyl (C=O) groups is 1. The molecule has 0 aromatic heterocycles. The summed E-state index contributed by atoms with van der Waals surface area (Å²) in [6.07, 6.45) is 1.94. The first-order valence-electron chi connectivity index (χ1n) is 9.45. The van der Waals surface area contributed by atoms with Crippen LogP contribution in [-0.2, 0) is 14.8 Å². The van der Waals surface area contributed by atoms with E-state index in [2.05, 4.69) is 12.2 Å². The lowest BCUT2D eigenvalue weighted by atomic mass is 10.0. The van der Waals surface area contributed by atoms with Crippen molar-refractivity contribution in [2.75, 3.05) is 25.0 Å². The topological polar surface area (TPSA) is 75.7 Å². The second kappa shape index (κ2) is 8.75. The molecule has 0 saturated carbocycles. The van der Waals surface area contributed by atoms with Gasteiger partial charge in [0.15, 0.2) is 6.61 Å². The molecule has 1 atom stereocenters. The zero-order valence-electron chi connectivity index (χ0n) is 16.2. The fourth-order valence-electron chi connectivity index (χ4n) is 3.28. The van der Waals surface area contributed by atoms with Crippen LogP contribution in [0.1, 0.15) is 25.3 Å². The van der Waals surface area contributed by atoms with Crippen molar-refractivity contribution in [1.29, 1.82) is 0 Å². The summed E-state index contributed by atoms with van der Waals surface area (Å²) in [5.74, 6) is 0.730. The molecule has 0 spiro atoms. The fraction of sp³-hybridized carbons (Fsp3) is 0.381. The summed E-state index contributed by atoms with van der Waals surface area (Å²) < 4.78 is 32.6. The van der Waals surface area contributed by atoms with Gasteiger partial charge < -0.3 is 10.1 Å². The van der Waals surface area contributed by atoms with Crippen molar-refractivity contribution < 1.29 is 17.9 Å². The van der Waals surface area contributed by atoms with Crippen LogP contribution in [0, 0.1) is 12.8 Å². The molecule has 0 radical (unpaired) electrons. The molecule has 2 aromatic rings. The number of ether oxygens (including phenoxy) is 1. The Morgan fingerprint density at radius 3 is 2.57 bits per heavy atom. The van der Waals surface area contributed by atoms with Gasteiger partial charge in [0.2, 0.25) is 10.0 Å². The molecule has 3 rings (SSSR count). The highest BCUT2D eigenvalue weighted by Gasteiger charge is 2.28. The van der Waals surface area contributed by atoms with Gasteiger partial charge in [-0.1, -0.05) is 25.1 Å². The molecule has 0 aliphatic carbocycles. The molecule has 1 amide bonds. The molecule has 0 unspecified atom stereocenters. The van der Waals surface area contributed by atoms with E-state index in [4.69, 9.17) is 4.74 Å². The quantitative estimate of drug-likeness (QED) is 0.803. The molecule has 6 nitrogen and oxygen atoms in total. The van der Waals surface area contributed by atoms with Crippen LogP contribution in [0.2, 0.25) is 0 Å². The Morgan fingerprint density at radius 1 is 1.18 bits per heavy atom. The van der Waals surface area contributed by atoms with Crippen LogP contribution in [-0.4, -0.2) is 38.3 Å². The molecule has 1 heterocycles. The van der Waals surface area contributed by atoms with Crippen LogP contribution in [0.4, 0.5) is 5.69 Å². The Morgan fingerprint density at radius 2 is 1.89 bits per heavy atom. The SMILES string of the molecule is Cc1ccccc1OCC(=O)Nc1ccc(S(=O)(=O)N2CCC[C@@H](C)C2)cc1. The second-order valence-electron chi connectivity index (χ2n) is 7.24. The highest BCUT2D eigenvalue weighted by atomic mass is 32.2. The zero-order chi connectivity index (χ0) is 20.1. The molecule has 1 fully saturated rings. The van der Waals surface area contributed by atoms with Crippen molar-refractivity contribution in [2.45, 2.75) is 31.6 Å². The largest absolute Gasteiger partial charge is 0.483 e. The van der Waals surface area contributed by atoms with Gasteiger partial charge in [0.05, 0.1) is 4.90 Å². The number of rotatable bonds is 6. The average Bonchev–Trinajstić information content (AvgIpc) is 2.68. The van der Waals surface area contributed by atoms with Gasteiger partial charge in [0.1, 0.15) is 5.75 Å². The van der Waals surface area contributed by atoms with E-state index in [0.717, 1.165) is 18.4 Å². The van der Waals surface area contributed by atoms with Crippen LogP contribution in [0.5, 0.6) is 5.75 Å². The van der Waals surface area contributed by atoms with Crippen molar-refractivity contribution in [3.63, 3.8) is 0 Å². The Hall–Kier alpha value is -2.38. The minimum atomic E-state index is -3.50. The lowest BCUT2D eigenvalue weighted by molar-refractivity contribution is -0.118. The van der Waals surface area contributed by atoms with Crippen molar-refractivity contribution >= 4 is 21.6 Å². The highest BCUT2D eigenvalue weighted by Crippen LogP contribution is 2.24. The lowest BCUT2D eigenvalue weighted by Gasteiger charge is -2.30. The number of hydrogen-bond acceptors (Lipinski definition) is 4. The Bertz CT molecular complexity index is 926. The first kappa shape index (κ1) is 20.4. The minimum absolute atomic E-state index is 0.115. The van der Waals surface area contributed by atoms with Crippen LogP contribution in [0.15, 0.2) is 53.4 Å². The van der Waals surface area contributed by atoms with E-state index in [1.54, 1.807) is 16.4 Å². The van der Waals surface area contributed by atoms with Crippen molar-refractivity contribution in [3.8, 4) is 5.75 Å². The second-order valence-corrected chi connectivity index (χ2v) is 9.18. The molecular weight excluding hydrogens is 376 g/mol. The maximum atomic E-state index is 12.8. The number of hydrogen-bond donors (Lipinski definition) is 1. The van der Waals surface area contributed by atoms with Crippen LogP contribution in [0.3, 0.4) is 0 Å². The number of carbonyl (C=O) groups excluding carboxylic acids is 1. The Balaban J connectivity index is 1.59. The number of amides is 1. The molecule has 0 bridgehead atoms. The summed E-state index contributed by atoms with van der Waals surface area (Å²) in [5.41, 5.74) is 1.49. The van der Waals surface area contributed by atoms with Gasteiger partial charge >= 0.3 is 0 Å². The van der Waals surface area contributed by atoms with E-state index >= 15 is 0 Å². The Labute approximate surface area is 166 Å². The van der Waals surface area contributed by atoms with Crippen molar-refractivity contribution in [1.82, 2.24) is 4.31 Å². The summed E-state index contributed by atoms with van der Waals surface area (Å²) in [5, 5.41) is 2.72. The summed E-state index contributed by atoms with van der Waals surface area (Å²) >= 11 is 0. The maximum Gasteiger partial charge on any atom is 0.262 e. The summed E-state index contributed by atoms with van der Waals surface area (Å²) in [4.78, 5) is 12.3. The van der Waals surface area contributed by atoms with Gasteiger partial charge in [0.25, 0.3) is 5.91 Å². The number of nitrogens with one attached hydrogen (secondary N) is 1. The molecule has 7 heteroatoms. The molecule has 150 valence electrons. The van der Waals surface area contributed by atoms with E-state index < -0.39 is 10.0 Å². The maximum absolute atomic E-state index is 12.8. The molecule has 28 heavy (non-hydrogen) atoms. The van der Waals surface area contributed by atoms with Crippen LogP contribution < -0.4 is 10.1 Å². The Kier molecular flexibility index (Phi) is 6.36. The van der Waals surface area contributed by atoms with Crippen molar-refractivity contribution in [2.24, 2.45) is 5.92 Å². The third-order valence-corrected chi connectivity index (χ3v) is 6.73. The minimum Gasteiger partial charge on any atom is -0.483 e. The van der Waals surface area contributed by atoms with Crippen LogP contribution >= 0.6 is 0 Å². The van der Waals surface area contributed by atoms with Gasteiger partial charge in [-0.15, -0.1) is 0 Å². The average molecular weight is 403 g/mol. The monoisotopic (exact) mass is 402 g/mol. The number of sulfonamides is 1. The third-order valence-electron chi connectivity index (χ3n) is 4.85. The highest BCUT2D eigenvalue weighted by molar-refractivity contribution is 7.89. The first-order valence-corrected chi connectivity index (χ1v) is 10.9. The van der Waals surface area contributed by atoms with E-state index in [1.807, 2.05) is 31.2 Å². The molecule has 1 aliphatic rings.